The van der Waals surface area contributed by atoms with E-state index in [1.54, 1.807) is 0 Å². The molecule has 2 nitrogen and oxygen atoms in total. The van der Waals surface area contributed by atoms with E-state index in [4.69, 9.17) is 4.42 Å². The molecule has 0 atom stereocenters. The predicted octanol–water partition coefficient (Wildman–Crippen LogP) is 10.7. The molecule has 0 amide bonds. The Labute approximate surface area is 263 Å². The van der Waals surface area contributed by atoms with Crippen LogP contribution in [0.25, 0.3) is 55.0 Å². The van der Waals surface area contributed by atoms with Crippen molar-refractivity contribution in [1.82, 2.24) is 0 Å². The van der Waals surface area contributed by atoms with Crippen molar-refractivity contribution in [3.05, 3.63) is 152 Å². The molecule has 1 aromatic heterocycles. The van der Waals surface area contributed by atoms with E-state index < -0.39 is 8.07 Å². The van der Waals surface area contributed by atoms with Gasteiger partial charge in [0.25, 0.3) is 0 Å². The second-order valence-electron chi connectivity index (χ2n) is 12.6. The molecule has 0 radical (unpaired) electrons. The number of benzene rings is 7. The quantitative estimate of drug-likeness (QED) is 0.189. The summed E-state index contributed by atoms with van der Waals surface area (Å²) in [5.74, 6) is 0. The SMILES string of the molecule is C[Si]1(C)c2cc(N(c3ccccc3)c3cccc(-c4cccc5ccccc45)c3)ccc2-c2c1ccc1c2oc2ccccc21. The Morgan fingerprint density at radius 3 is 2.09 bits per heavy atom. The molecule has 7 aromatic carbocycles. The van der Waals surface area contributed by atoms with Crippen LogP contribution < -0.4 is 15.3 Å². The molecule has 0 saturated carbocycles. The van der Waals surface area contributed by atoms with Crippen molar-refractivity contribution in [3.63, 3.8) is 0 Å². The van der Waals surface area contributed by atoms with Gasteiger partial charge >= 0.3 is 0 Å². The summed E-state index contributed by atoms with van der Waals surface area (Å²) in [5.41, 5.74) is 10.5. The Balaban J connectivity index is 1.23. The van der Waals surface area contributed by atoms with Gasteiger partial charge in [-0.25, -0.2) is 0 Å². The van der Waals surface area contributed by atoms with Crippen LogP contribution in [0.3, 0.4) is 0 Å². The molecule has 45 heavy (non-hydrogen) atoms. The monoisotopic (exact) mass is 593 g/mol. The second-order valence-corrected chi connectivity index (χ2v) is 16.9. The summed E-state index contributed by atoms with van der Waals surface area (Å²) >= 11 is 0. The minimum absolute atomic E-state index is 0.951. The van der Waals surface area contributed by atoms with E-state index in [0.29, 0.717) is 0 Å². The van der Waals surface area contributed by atoms with Crippen LogP contribution in [0.5, 0.6) is 0 Å². The Kier molecular flexibility index (Phi) is 5.68. The average molecular weight is 594 g/mol. The first kappa shape index (κ1) is 26.1. The van der Waals surface area contributed by atoms with Crippen molar-refractivity contribution in [1.29, 1.82) is 0 Å². The number of furan rings is 1. The summed E-state index contributed by atoms with van der Waals surface area (Å²) < 4.78 is 6.56. The van der Waals surface area contributed by atoms with Crippen LogP contribution in [-0.2, 0) is 0 Å². The average Bonchev–Trinajstić information content (AvgIpc) is 3.57. The summed E-state index contributed by atoms with van der Waals surface area (Å²) in [5, 5.41) is 7.80. The fraction of sp³-hybridized carbons (Fsp3) is 0.0476. The van der Waals surface area contributed by atoms with Crippen molar-refractivity contribution < 1.29 is 4.42 Å². The van der Waals surface area contributed by atoms with Crippen molar-refractivity contribution in [2.24, 2.45) is 0 Å². The molecule has 0 saturated heterocycles. The van der Waals surface area contributed by atoms with E-state index in [2.05, 4.69) is 170 Å². The number of nitrogens with zero attached hydrogens (tertiary/aromatic N) is 1. The lowest BCUT2D eigenvalue weighted by molar-refractivity contribution is 0.670. The van der Waals surface area contributed by atoms with Gasteiger partial charge in [0.2, 0.25) is 0 Å². The standard InChI is InChI=1S/C42H31NOSi/c1-45(2)39-25-24-36-35-19-8-9-21-38(35)44-42(36)41(39)37-23-22-32(27-40(37)45)43(30-15-4-3-5-16-30)31-17-10-14-29(26-31)34-20-11-13-28-12-6-7-18-33(28)34/h3-27H,1-2H3. The highest BCUT2D eigenvalue weighted by molar-refractivity contribution is 7.04. The van der Waals surface area contributed by atoms with E-state index in [-0.39, 0.29) is 0 Å². The molecule has 8 aromatic rings. The first-order chi connectivity index (χ1) is 22.1. The predicted molar refractivity (Wildman–Crippen MR) is 194 cm³/mol. The first-order valence-corrected chi connectivity index (χ1v) is 18.6. The van der Waals surface area contributed by atoms with Crippen molar-refractivity contribution in [2.75, 3.05) is 4.90 Å². The highest BCUT2D eigenvalue weighted by atomic mass is 28.3. The van der Waals surface area contributed by atoms with Crippen LogP contribution in [0.1, 0.15) is 0 Å². The Morgan fingerprint density at radius 1 is 0.489 bits per heavy atom. The van der Waals surface area contributed by atoms with Gasteiger partial charge in [-0.05, 0) is 80.3 Å². The maximum Gasteiger partial charge on any atom is 0.143 e. The highest BCUT2D eigenvalue weighted by Gasteiger charge is 2.40. The molecule has 9 rings (SSSR count). The lowest BCUT2D eigenvalue weighted by atomic mass is 9.97. The molecule has 1 aliphatic rings. The number of fused-ring (bicyclic) bond motifs is 8. The van der Waals surface area contributed by atoms with E-state index in [1.165, 1.54) is 59.9 Å². The third-order valence-corrected chi connectivity index (χ3v) is 13.2. The summed E-state index contributed by atoms with van der Waals surface area (Å²) in [6, 6.07) is 55.0. The van der Waals surface area contributed by atoms with Gasteiger partial charge in [-0.3, -0.25) is 0 Å². The van der Waals surface area contributed by atoms with Gasteiger partial charge in [-0.15, -0.1) is 0 Å². The van der Waals surface area contributed by atoms with Crippen LogP contribution >= 0.6 is 0 Å². The highest BCUT2D eigenvalue weighted by Crippen LogP contribution is 2.42. The van der Waals surface area contributed by atoms with Crippen molar-refractivity contribution in [3.8, 4) is 22.3 Å². The van der Waals surface area contributed by atoms with E-state index >= 15 is 0 Å². The normalized spacial score (nSPS) is 13.3. The molecule has 3 heteroatoms. The zero-order valence-electron chi connectivity index (χ0n) is 25.3. The number of rotatable bonds is 4. The molecule has 0 spiro atoms. The molecule has 0 bridgehead atoms. The van der Waals surface area contributed by atoms with E-state index in [0.717, 1.165) is 22.5 Å². The smallest absolute Gasteiger partial charge is 0.143 e. The lowest BCUT2D eigenvalue weighted by Crippen LogP contribution is -2.49. The van der Waals surface area contributed by atoms with Crippen LogP contribution in [0, 0.1) is 0 Å². The summed E-state index contributed by atoms with van der Waals surface area (Å²) in [6.45, 7) is 4.95. The summed E-state index contributed by atoms with van der Waals surface area (Å²) in [4.78, 5) is 2.40. The van der Waals surface area contributed by atoms with Gasteiger partial charge in [0.05, 0.1) is 0 Å². The number of para-hydroxylation sites is 2. The minimum Gasteiger partial charge on any atom is -0.455 e. The minimum atomic E-state index is -2.01. The second kappa shape index (κ2) is 9.81. The van der Waals surface area contributed by atoms with Gasteiger partial charge in [0.15, 0.2) is 0 Å². The van der Waals surface area contributed by atoms with Crippen LogP contribution in [0.15, 0.2) is 156 Å². The van der Waals surface area contributed by atoms with Crippen molar-refractivity contribution >= 4 is 68.2 Å². The molecule has 0 aliphatic carbocycles. The van der Waals surface area contributed by atoms with Crippen molar-refractivity contribution in [2.45, 2.75) is 13.1 Å². The molecule has 0 fully saturated rings. The van der Waals surface area contributed by atoms with Crippen LogP contribution in [-0.4, -0.2) is 8.07 Å². The van der Waals surface area contributed by atoms with E-state index in [9.17, 15) is 0 Å². The largest absolute Gasteiger partial charge is 0.455 e. The summed E-state index contributed by atoms with van der Waals surface area (Å²) in [6.07, 6.45) is 0. The maximum absolute atomic E-state index is 6.56. The first-order valence-electron chi connectivity index (χ1n) is 15.6. The Hall–Kier alpha value is -5.38. The van der Waals surface area contributed by atoms with Gasteiger partial charge in [-0.1, -0.05) is 122 Å². The molecule has 2 heterocycles. The zero-order valence-corrected chi connectivity index (χ0v) is 26.3. The Bertz CT molecular complexity index is 2420. The molecule has 0 N–H and O–H groups in total. The van der Waals surface area contributed by atoms with Gasteiger partial charge < -0.3 is 9.32 Å². The molecular weight excluding hydrogens is 563 g/mol. The maximum atomic E-state index is 6.56. The number of hydrogen-bond donors (Lipinski definition) is 0. The molecule has 1 aliphatic heterocycles. The number of hydrogen-bond acceptors (Lipinski definition) is 2. The molecular formula is C42H31NOSi. The summed E-state index contributed by atoms with van der Waals surface area (Å²) in [7, 11) is -2.01. The number of anilines is 3. The van der Waals surface area contributed by atoms with Crippen LogP contribution in [0.2, 0.25) is 13.1 Å². The van der Waals surface area contributed by atoms with Gasteiger partial charge in [0, 0.05) is 33.4 Å². The fourth-order valence-corrected chi connectivity index (χ4v) is 10.5. The lowest BCUT2D eigenvalue weighted by Gasteiger charge is -2.28. The molecule has 0 unspecified atom stereocenters. The van der Waals surface area contributed by atoms with E-state index in [1.807, 2.05) is 0 Å². The van der Waals surface area contributed by atoms with Gasteiger partial charge in [0.1, 0.15) is 19.2 Å². The third-order valence-electron chi connectivity index (χ3n) is 9.64. The Morgan fingerprint density at radius 2 is 1.20 bits per heavy atom. The zero-order chi connectivity index (χ0) is 30.1. The van der Waals surface area contributed by atoms with Gasteiger partial charge in [-0.2, -0.15) is 0 Å². The van der Waals surface area contributed by atoms with Crippen LogP contribution in [0.4, 0.5) is 17.1 Å². The third kappa shape index (κ3) is 3.94. The fourth-order valence-electron chi connectivity index (χ4n) is 7.44. The molecule has 214 valence electrons. The topological polar surface area (TPSA) is 16.4 Å².